The Hall–Kier alpha value is -2.35. The van der Waals surface area contributed by atoms with Crippen LogP contribution in [0.15, 0.2) is 53.9 Å². The molecule has 1 fully saturated rings. The molecule has 0 unspecified atom stereocenters. The van der Waals surface area contributed by atoms with E-state index in [1.807, 2.05) is 12.1 Å². The molecule has 0 bridgehead atoms. The number of hydrogen-bond acceptors (Lipinski definition) is 4. The molecule has 3 nitrogen and oxygen atoms in total. The zero-order chi connectivity index (χ0) is 17.1. The Morgan fingerprint density at radius 1 is 1.08 bits per heavy atom. The van der Waals surface area contributed by atoms with E-state index < -0.39 is 0 Å². The molecule has 0 spiro atoms. The van der Waals surface area contributed by atoms with E-state index in [4.69, 9.17) is 5.26 Å². The van der Waals surface area contributed by atoms with Crippen LogP contribution in [-0.2, 0) is 6.54 Å². The van der Waals surface area contributed by atoms with Crippen molar-refractivity contribution in [3.63, 3.8) is 0 Å². The van der Waals surface area contributed by atoms with Crippen LogP contribution in [0.3, 0.4) is 0 Å². The van der Waals surface area contributed by atoms with E-state index in [0.717, 1.165) is 38.0 Å². The zero-order valence-electron chi connectivity index (χ0n) is 14.1. The van der Waals surface area contributed by atoms with E-state index in [1.54, 1.807) is 11.3 Å². The van der Waals surface area contributed by atoms with E-state index in [2.05, 4.69) is 58.1 Å². The Kier molecular flexibility index (Phi) is 4.69. The van der Waals surface area contributed by atoms with E-state index in [1.165, 1.54) is 21.3 Å². The molecule has 1 saturated heterocycles. The summed E-state index contributed by atoms with van der Waals surface area (Å²) in [5.41, 5.74) is 3.27. The summed E-state index contributed by atoms with van der Waals surface area (Å²) < 4.78 is 1.34. The molecule has 0 saturated carbocycles. The number of fused-ring (bicyclic) bond motifs is 1. The van der Waals surface area contributed by atoms with Gasteiger partial charge in [-0.15, -0.1) is 11.3 Å². The fraction of sp³-hybridized carbons (Fsp3) is 0.286. The van der Waals surface area contributed by atoms with Gasteiger partial charge in [0.1, 0.15) is 0 Å². The van der Waals surface area contributed by atoms with Crippen molar-refractivity contribution >= 4 is 27.1 Å². The minimum atomic E-state index is 0.549. The summed E-state index contributed by atoms with van der Waals surface area (Å²) in [6.45, 7) is 3.04. The molecule has 2 heterocycles. The molecule has 2 aromatic carbocycles. The molecular weight excluding hydrogens is 326 g/mol. The fourth-order valence-corrected chi connectivity index (χ4v) is 4.33. The number of nitrogens with one attached hydrogen (secondary N) is 1. The summed E-state index contributed by atoms with van der Waals surface area (Å²) in [5.74, 6) is 0. The van der Waals surface area contributed by atoms with Gasteiger partial charge < -0.3 is 10.2 Å². The number of thiophene rings is 1. The molecule has 126 valence electrons. The van der Waals surface area contributed by atoms with Crippen molar-refractivity contribution in [2.24, 2.45) is 0 Å². The van der Waals surface area contributed by atoms with Crippen molar-refractivity contribution in [2.45, 2.75) is 25.4 Å². The third-order valence-electron chi connectivity index (χ3n) is 4.95. The lowest BCUT2D eigenvalue weighted by molar-refractivity contribution is 0.428. The summed E-state index contributed by atoms with van der Waals surface area (Å²) in [6, 6.07) is 19.7. The fourth-order valence-electron chi connectivity index (χ4n) is 3.56. The molecule has 1 aromatic heterocycles. The van der Waals surface area contributed by atoms with Gasteiger partial charge in [-0.3, -0.25) is 0 Å². The van der Waals surface area contributed by atoms with Crippen LogP contribution < -0.4 is 10.2 Å². The molecule has 1 aliphatic rings. The molecule has 0 aliphatic carbocycles. The predicted molar refractivity (Wildman–Crippen MR) is 105 cm³/mol. The highest BCUT2D eigenvalue weighted by atomic mass is 32.1. The first-order valence-electron chi connectivity index (χ1n) is 8.77. The van der Waals surface area contributed by atoms with E-state index in [9.17, 15) is 0 Å². The summed E-state index contributed by atoms with van der Waals surface area (Å²) in [5, 5.41) is 15.9. The maximum absolute atomic E-state index is 9.01. The van der Waals surface area contributed by atoms with Gasteiger partial charge in [-0.05, 0) is 78.7 Å². The Morgan fingerprint density at radius 2 is 1.88 bits per heavy atom. The molecule has 25 heavy (non-hydrogen) atoms. The standard InChI is InChI=1S/C21H21N3S/c22-14-16-1-3-17(4-2-16)15-24(19-7-10-23-11-8-19)20-5-6-21-18(13-20)9-12-25-21/h1-6,9,12-13,19,23H,7-8,10-11,15H2. The SMILES string of the molecule is N#Cc1ccc(CN(c2ccc3sccc3c2)C2CCNCC2)cc1. The topological polar surface area (TPSA) is 39.1 Å². The maximum atomic E-state index is 9.01. The average Bonchev–Trinajstić information content (AvgIpc) is 3.15. The smallest absolute Gasteiger partial charge is 0.0991 e. The normalized spacial score (nSPS) is 15.2. The number of anilines is 1. The van der Waals surface area contributed by atoms with Gasteiger partial charge in [-0.2, -0.15) is 5.26 Å². The molecule has 1 aliphatic heterocycles. The molecule has 4 heteroatoms. The summed E-state index contributed by atoms with van der Waals surface area (Å²) in [7, 11) is 0. The number of benzene rings is 2. The Bertz CT molecular complexity index is 885. The number of nitrogens with zero attached hydrogens (tertiary/aromatic N) is 2. The summed E-state index contributed by atoms with van der Waals surface area (Å²) in [4.78, 5) is 2.54. The largest absolute Gasteiger partial charge is 0.364 e. The minimum Gasteiger partial charge on any atom is -0.364 e. The van der Waals surface area contributed by atoms with Crippen LogP contribution in [0.4, 0.5) is 5.69 Å². The second-order valence-electron chi connectivity index (χ2n) is 6.56. The van der Waals surface area contributed by atoms with Gasteiger partial charge >= 0.3 is 0 Å². The molecule has 3 aromatic rings. The molecule has 1 N–H and O–H groups in total. The highest BCUT2D eigenvalue weighted by Crippen LogP contribution is 2.30. The Morgan fingerprint density at radius 3 is 2.64 bits per heavy atom. The van der Waals surface area contributed by atoms with Crippen LogP contribution in [0.2, 0.25) is 0 Å². The zero-order valence-corrected chi connectivity index (χ0v) is 14.9. The van der Waals surface area contributed by atoms with Gasteiger partial charge in [0, 0.05) is 23.0 Å². The number of hydrogen-bond donors (Lipinski definition) is 1. The number of rotatable bonds is 4. The molecule has 4 rings (SSSR count). The van der Waals surface area contributed by atoms with Crippen molar-refractivity contribution in [1.29, 1.82) is 5.26 Å². The molecule has 0 radical (unpaired) electrons. The molecule has 0 atom stereocenters. The third kappa shape index (κ3) is 3.53. The van der Waals surface area contributed by atoms with Crippen LogP contribution in [0.25, 0.3) is 10.1 Å². The van der Waals surface area contributed by atoms with E-state index in [-0.39, 0.29) is 0 Å². The van der Waals surface area contributed by atoms with Crippen molar-refractivity contribution in [3.05, 3.63) is 65.0 Å². The molecular formula is C21H21N3S. The van der Waals surface area contributed by atoms with Gasteiger partial charge in [0.25, 0.3) is 0 Å². The van der Waals surface area contributed by atoms with Gasteiger partial charge in [0.05, 0.1) is 11.6 Å². The Labute approximate surface area is 152 Å². The van der Waals surface area contributed by atoms with Crippen LogP contribution in [0.5, 0.6) is 0 Å². The van der Waals surface area contributed by atoms with Crippen LogP contribution >= 0.6 is 11.3 Å². The molecule has 0 amide bonds. The van der Waals surface area contributed by atoms with Gasteiger partial charge in [0.15, 0.2) is 0 Å². The first-order valence-corrected chi connectivity index (χ1v) is 9.65. The lowest BCUT2D eigenvalue weighted by Crippen LogP contribution is -2.43. The first-order chi connectivity index (χ1) is 12.3. The van der Waals surface area contributed by atoms with E-state index >= 15 is 0 Å². The Balaban J connectivity index is 1.66. The second kappa shape index (κ2) is 7.26. The van der Waals surface area contributed by atoms with E-state index in [0.29, 0.717) is 6.04 Å². The maximum Gasteiger partial charge on any atom is 0.0991 e. The van der Waals surface area contributed by atoms with Crippen LogP contribution in [-0.4, -0.2) is 19.1 Å². The first kappa shape index (κ1) is 16.1. The second-order valence-corrected chi connectivity index (χ2v) is 7.51. The lowest BCUT2D eigenvalue weighted by atomic mass is 10.0. The minimum absolute atomic E-state index is 0.549. The van der Waals surface area contributed by atoms with Crippen LogP contribution in [0.1, 0.15) is 24.0 Å². The summed E-state index contributed by atoms with van der Waals surface area (Å²) in [6.07, 6.45) is 2.33. The predicted octanol–water partition coefficient (Wildman–Crippen LogP) is 4.53. The number of piperidine rings is 1. The van der Waals surface area contributed by atoms with Crippen LogP contribution in [0, 0.1) is 11.3 Å². The summed E-state index contributed by atoms with van der Waals surface area (Å²) >= 11 is 1.79. The highest BCUT2D eigenvalue weighted by molar-refractivity contribution is 7.17. The monoisotopic (exact) mass is 347 g/mol. The number of nitriles is 1. The highest BCUT2D eigenvalue weighted by Gasteiger charge is 2.22. The quantitative estimate of drug-likeness (QED) is 0.753. The lowest BCUT2D eigenvalue weighted by Gasteiger charge is -2.36. The van der Waals surface area contributed by atoms with Gasteiger partial charge in [-0.25, -0.2) is 0 Å². The van der Waals surface area contributed by atoms with Gasteiger partial charge in [0.2, 0.25) is 0 Å². The third-order valence-corrected chi connectivity index (χ3v) is 5.85. The van der Waals surface area contributed by atoms with Gasteiger partial charge in [-0.1, -0.05) is 12.1 Å². The van der Waals surface area contributed by atoms with Crippen molar-refractivity contribution in [3.8, 4) is 6.07 Å². The van der Waals surface area contributed by atoms with Crippen molar-refractivity contribution in [1.82, 2.24) is 5.32 Å². The van der Waals surface area contributed by atoms with Crippen molar-refractivity contribution < 1.29 is 0 Å². The van der Waals surface area contributed by atoms with Crippen molar-refractivity contribution in [2.75, 3.05) is 18.0 Å². The average molecular weight is 347 g/mol.